The molecular formula is C39H27N5. The van der Waals surface area contributed by atoms with Crippen molar-refractivity contribution < 1.29 is 0 Å². The van der Waals surface area contributed by atoms with Gasteiger partial charge in [0.15, 0.2) is 0 Å². The Morgan fingerprint density at radius 1 is 0.455 bits per heavy atom. The highest BCUT2D eigenvalue weighted by molar-refractivity contribution is 6.15. The first kappa shape index (κ1) is 25.6. The predicted molar refractivity (Wildman–Crippen MR) is 180 cm³/mol. The zero-order valence-corrected chi connectivity index (χ0v) is 23.8. The van der Waals surface area contributed by atoms with Gasteiger partial charge in [-0.2, -0.15) is 0 Å². The van der Waals surface area contributed by atoms with E-state index in [4.69, 9.17) is 9.97 Å². The fourth-order valence-electron chi connectivity index (χ4n) is 6.00. The molecule has 0 atom stereocenters. The summed E-state index contributed by atoms with van der Waals surface area (Å²) in [5.74, 6) is 0.736. The molecule has 0 amide bonds. The van der Waals surface area contributed by atoms with Gasteiger partial charge in [0.05, 0.1) is 28.1 Å². The summed E-state index contributed by atoms with van der Waals surface area (Å²) < 4.78 is 2.33. The zero-order valence-electron chi connectivity index (χ0n) is 23.8. The van der Waals surface area contributed by atoms with E-state index in [0.717, 1.165) is 56.5 Å². The fraction of sp³-hybridized carbons (Fsp3) is 0. The van der Waals surface area contributed by atoms with Crippen LogP contribution in [0.1, 0.15) is 0 Å². The maximum absolute atomic E-state index is 5.23. The third kappa shape index (κ3) is 4.48. The van der Waals surface area contributed by atoms with Crippen molar-refractivity contribution in [3.8, 4) is 39.5 Å². The normalized spacial score (nSPS) is 11.2. The number of pyridine rings is 3. The Labute approximate surface area is 255 Å². The molecule has 0 spiro atoms. The summed E-state index contributed by atoms with van der Waals surface area (Å²) in [6.45, 7) is 0. The Kier molecular flexibility index (Phi) is 6.39. The molecule has 0 saturated carbocycles. The van der Waals surface area contributed by atoms with Gasteiger partial charge in [0.25, 0.3) is 0 Å². The molecule has 8 rings (SSSR count). The summed E-state index contributed by atoms with van der Waals surface area (Å²) in [7, 11) is 0. The molecule has 5 heteroatoms. The summed E-state index contributed by atoms with van der Waals surface area (Å²) in [4.78, 5) is 14.5. The van der Waals surface area contributed by atoms with Crippen molar-refractivity contribution in [1.29, 1.82) is 0 Å². The number of hydrogen-bond acceptors (Lipinski definition) is 4. The van der Waals surface area contributed by atoms with Crippen molar-refractivity contribution in [2.75, 3.05) is 5.32 Å². The van der Waals surface area contributed by atoms with Crippen LogP contribution in [0.4, 0.5) is 11.5 Å². The molecule has 0 aliphatic heterocycles. The molecule has 4 aromatic heterocycles. The summed E-state index contributed by atoms with van der Waals surface area (Å²) >= 11 is 0. The summed E-state index contributed by atoms with van der Waals surface area (Å²) in [6.07, 6.45) is 3.61. The van der Waals surface area contributed by atoms with Crippen molar-refractivity contribution in [3.63, 3.8) is 0 Å². The van der Waals surface area contributed by atoms with Crippen LogP contribution in [0.2, 0.25) is 0 Å². The SMILES string of the molecule is c1ccc(-n2c3ccccc3c3c(-c4cccc(-c5cccnc5Nc5ccccc5-c5ccccn5)n4)cccc32)cc1. The Bertz CT molecular complexity index is 2260. The monoisotopic (exact) mass is 565 g/mol. The van der Waals surface area contributed by atoms with E-state index in [0.29, 0.717) is 0 Å². The highest BCUT2D eigenvalue weighted by atomic mass is 15.0. The molecule has 0 radical (unpaired) electrons. The lowest BCUT2D eigenvalue weighted by Crippen LogP contribution is -1.99. The van der Waals surface area contributed by atoms with Crippen molar-refractivity contribution in [2.45, 2.75) is 0 Å². The van der Waals surface area contributed by atoms with Crippen molar-refractivity contribution >= 4 is 33.3 Å². The van der Waals surface area contributed by atoms with Crippen LogP contribution in [0, 0.1) is 0 Å². The lowest BCUT2D eigenvalue weighted by molar-refractivity contribution is 1.18. The topological polar surface area (TPSA) is 55.6 Å². The van der Waals surface area contributed by atoms with Gasteiger partial charge in [0.1, 0.15) is 5.82 Å². The minimum Gasteiger partial charge on any atom is -0.339 e. The zero-order chi connectivity index (χ0) is 29.3. The van der Waals surface area contributed by atoms with E-state index in [1.165, 1.54) is 16.3 Å². The molecule has 0 aliphatic carbocycles. The smallest absolute Gasteiger partial charge is 0.139 e. The first-order valence-corrected chi connectivity index (χ1v) is 14.6. The number of nitrogens with one attached hydrogen (secondary N) is 1. The van der Waals surface area contributed by atoms with Crippen LogP contribution in [0.3, 0.4) is 0 Å². The lowest BCUT2D eigenvalue weighted by Gasteiger charge is -2.14. The number of nitrogens with zero attached hydrogens (tertiary/aromatic N) is 4. The quantitative estimate of drug-likeness (QED) is 0.218. The van der Waals surface area contributed by atoms with E-state index < -0.39 is 0 Å². The van der Waals surface area contributed by atoms with E-state index in [2.05, 4.69) is 118 Å². The van der Waals surface area contributed by atoms with E-state index >= 15 is 0 Å². The first-order chi connectivity index (χ1) is 21.8. The lowest BCUT2D eigenvalue weighted by atomic mass is 10.0. The van der Waals surface area contributed by atoms with Crippen LogP contribution in [-0.4, -0.2) is 19.5 Å². The van der Waals surface area contributed by atoms with Crippen LogP contribution < -0.4 is 5.32 Å². The van der Waals surface area contributed by atoms with Gasteiger partial charge in [0, 0.05) is 51.2 Å². The maximum Gasteiger partial charge on any atom is 0.139 e. The Morgan fingerprint density at radius 2 is 1.11 bits per heavy atom. The van der Waals surface area contributed by atoms with Gasteiger partial charge in [0.2, 0.25) is 0 Å². The Morgan fingerprint density at radius 3 is 2.00 bits per heavy atom. The molecule has 208 valence electrons. The molecule has 0 saturated heterocycles. The van der Waals surface area contributed by atoms with Crippen molar-refractivity contribution in [2.24, 2.45) is 0 Å². The molecule has 0 aliphatic rings. The van der Waals surface area contributed by atoms with E-state index in [1.807, 2.05) is 48.7 Å². The summed E-state index contributed by atoms with van der Waals surface area (Å²) in [5, 5.41) is 5.96. The summed E-state index contributed by atoms with van der Waals surface area (Å²) in [5.41, 5.74) is 10.1. The van der Waals surface area contributed by atoms with Gasteiger partial charge >= 0.3 is 0 Å². The molecule has 44 heavy (non-hydrogen) atoms. The van der Waals surface area contributed by atoms with Gasteiger partial charge in [-0.1, -0.05) is 78.9 Å². The van der Waals surface area contributed by atoms with Gasteiger partial charge in [-0.05, 0) is 66.7 Å². The van der Waals surface area contributed by atoms with Gasteiger partial charge in [-0.15, -0.1) is 0 Å². The van der Waals surface area contributed by atoms with Crippen LogP contribution in [0.5, 0.6) is 0 Å². The van der Waals surface area contributed by atoms with Gasteiger partial charge in [-0.3, -0.25) is 4.98 Å². The molecule has 0 bridgehead atoms. The second-order valence-corrected chi connectivity index (χ2v) is 10.6. The third-order valence-electron chi connectivity index (χ3n) is 7.94. The molecule has 0 unspecified atom stereocenters. The van der Waals surface area contributed by atoms with Crippen LogP contribution in [-0.2, 0) is 0 Å². The number of para-hydroxylation sites is 3. The molecule has 4 aromatic carbocycles. The van der Waals surface area contributed by atoms with E-state index in [9.17, 15) is 0 Å². The third-order valence-corrected chi connectivity index (χ3v) is 7.94. The minimum atomic E-state index is 0.736. The van der Waals surface area contributed by atoms with Crippen LogP contribution >= 0.6 is 0 Å². The molecule has 8 aromatic rings. The summed E-state index contributed by atoms with van der Waals surface area (Å²) in [6, 6.07) is 49.9. The molecular weight excluding hydrogens is 538 g/mol. The second-order valence-electron chi connectivity index (χ2n) is 10.6. The Hall–Kier alpha value is -6.07. The predicted octanol–water partition coefficient (Wildman–Crippen LogP) is 9.71. The number of aromatic nitrogens is 4. The van der Waals surface area contributed by atoms with Crippen molar-refractivity contribution in [3.05, 3.63) is 158 Å². The fourth-order valence-corrected chi connectivity index (χ4v) is 6.00. The first-order valence-electron chi connectivity index (χ1n) is 14.6. The number of anilines is 2. The Balaban J connectivity index is 1.25. The highest BCUT2D eigenvalue weighted by Crippen LogP contribution is 2.39. The number of benzene rings is 4. The van der Waals surface area contributed by atoms with Gasteiger partial charge in [-0.25, -0.2) is 9.97 Å². The molecule has 0 fully saturated rings. The minimum absolute atomic E-state index is 0.736. The van der Waals surface area contributed by atoms with E-state index in [1.54, 1.807) is 6.20 Å². The average molecular weight is 566 g/mol. The highest BCUT2D eigenvalue weighted by Gasteiger charge is 2.17. The number of fused-ring (bicyclic) bond motifs is 3. The maximum atomic E-state index is 5.23. The number of hydrogen-bond donors (Lipinski definition) is 1. The average Bonchev–Trinajstić information content (AvgIpc) is 3.44. The van der Waals surface area contributed by atoms with Crippen LogP contribution in [0.15, 0.2) is 158 Å². The van der Waals surface area contributed by atoms with Gasteiger partial charge < -0.3 is 9.88 Å². The number of rotatable bonds is 6. The molecule has 1 N–H and O–H groups in total. The standard InChI is InChI=1S/C39H27N5/c1-2-13-27(14-3-1)44-36-23-7-5-16-31(36)38-29(17-10-24-37(38)44)34-21-11-22-35(42-34)30-18-12-26-41-39(30)43-33-20-6-4-15-28(33)32-19-8-9-25-40-32/h1-26H,(H,41,43). The van der Waals surface area contributed by atoms with Crippen LogP contribution in [0.25, 0.3) is 61.3 Å². The van der Waals surface area contributed by atoms with E-state index in [-0.39, 0.29) is 0 Å². The molecule has 5 nitrogen and oxygen atoms in total. The second kappa shape index (κ2) is 11.0. The van der Waals surface area contributed by atoms with Crippen molar-refractivity contribution in [1.82, 2.24) is 19.5 Å². The largest absolute Gasteiger partial charge is 0.339 e. The molecule has 4 heterocycles.